The van der Waals surface area contributed by atoms with Gasteiger partial charge < -0.3 is 10.4 Å². The van der Waals surface area contributed by atoms with E-state index in [-0.39, 0.29) is 5.91 Å². The number of aliphatic carboxylic acids is 1. The van der Waals surface area contributed by atoms with Crippen LogP contribution >= 0.6 is 11.8 Å². The molecule has 1 atom stereocenters. The lowest BCUT2D eigenvalue weighted by atomic mass is 10.3. The lowest BCUT2D eigenvalue weighted by molar-refractivity contribution is -0.140. The van der Waals surface area contributed by atoms with Gasteiger partial charge in [-0.1, -0.05) is 0 Å². The fourth-order valence-corrected chi connectivity index (χ4v) is 1.97. The molecule has 16 heavy (non-hydrogen) atoms. The molecule has 6 nitrogen and oxygen atoms in total. The summed E-state index contributed by atoms with van der Waals surface area (Å²) in [6.45, 7) is 1.30. The Kier molecular flexibility index (Phi) is 4.84. The predicted octanol–water partition coefficient (Wildman–Crippen LogP) is 0.163. The van der Waals surface area contributed by atoms with Gasteiger partial charge in [0.15, 0.2) is 0 Å². The van der Waals surface area contributed by atoms with Crippen molar-refractivity contribution >= 4 is 23.6 Å². The van der Waals surface area contributed by atoms with E-state index >= 15 is 0 Å². The van der Waals surface area contributed by atoms with E-state index in [9.17, 15) is 9.59 Å². The molecule has 1 aromatic heterocycles. The second kappa shape index (κ2) is 6.16. The van der Waals surface area contributed by atoms with Gasteiger partial charge in [0.05, 0.1) is 5.88 Å². The molecule has 0 unspecified atom stereocenters. The van der Waals surface area contributed by atoms with Gasteiger partial charge in [-0.05, 0) is 6.07 Å². The second-order valence-electron chi connectivity index (χ2n) is 3.14. The first-order valence-corrected chi connectivity index (χ1v) is 5.80. The minimum Gasteiger partial charge on any atom is -0.480 e. The third-order valence-electron chi connectivity index (χ3n) is 1.74. The van der Waals surface area contributed by atoms with Crippen molar-refractivity contribution in [2.75, 3.05) is 5.75 Å². The minimum atomic E-state index is -1.02. The molecule has 0 spiro atoms. The molecule has 2 N–H and O–H groups in total. The van der Waals surface area contributed by atoms with E-state index in [0.717, 1.165) is 0 Å². The van der Waals surface area contributed by atoms with Gasteiger partial charge in [0.25, 0.3) is 0 Å². The van der Waals surface area contributed by atoms with Crippen molar-refractivity contribution in [2.45, 2.75) is 18.8 Å². The van der Waals surface area contributed by atoms with Crippen LogP contribution in [0.4, 0.5) is 0 Å². The lowest BCUT2D eigenvalue weighted by Crippen LogP contribution is -2.41. The van der Waals surface area contributed by atoms with Crippen LogP contribution in [0.15, 0.2) is 18.5 Å². The van der Waals surface area contributed by atoms with Gasteiger partial charge >= 0.3 is 5.97 Å². The highest BCUT2D eigenvalue weighted by Crippen LogP contribution is 2.06. The molecule has 7 heteroatoms. The van der Waals surface area contributed by atoms with Crippen molar-refractivity contribution in [3.8, 4) is 0 Å². The van der Waals surface area contributed by atoms with Crippen LogP contribution < -0.4 is 5.32 Å². The number of rotatable bonds is 6. The Labute approximate surface area is 97.0 Å². The minimum absolute atomic E-state index is 0.314. The van der Waals surface area contributed by atoms with Crippen molar-refractivity contribution in [1.82, 2.24) is 15.1 Å². The number of hydrogen-bond acceptors (Lipinski definition) is 4. The van der Waals surface area contributed by atoms with Gasteiger partial charge in [-0.2, -0.15) is 5.10 Å². The van der Waals surface area contributed by atoms with Crippen LogP contribution in [-0.2, 0) is 15.5 Å². The van der Waals surface area contributed by atoms with Gasteiger partial charge in [0.2, 0.25) is 5.91 Å². The van der Waals surface area contributed by atoms with Crippen molar-refractivity contribution in [1.29, 1.82) is 0 Å². The van der Waals surface area contributed by atoms with E-state index < -0.39 is 12.0 Å². The molecule has 1 rings (SSSR count). The molecule has 0 saturated heterocycles. The Morgan fingerprint density at radius 2 is 2.38 bits per heavy atom. The summed E-state index contributed by atoms with van der Waals surface area (Å²) < 4.78 is 1.69. The maximum absolute atomic E-state index is 10.8. The molecule has 1 amide bonds. The van der Waals surface area contributed by atoms with Gasteiger partial charge in [-0.15, -0.1) is 11.8 Å². The molecule has 0 saturated carbocycles. The number of amides is 1. The molecule has 0 fully saturated rings. The molecular weight excluding hydrogens is 230 g/mol. The van der Waals surface area contributed by atoms with Crippen LogP contribution in [0, 0.1) is 0 Å². The van der Waals surface area contributed by atoms with Crippen LogP contribution in [-0.4, -0.2) is 38.6 Å². The molecule has 88 valence electrons. The van der Waals surface area contributed by atoms with Gasteiger partial charge in [0, 0.05) is 25.1 Å². The Morgan fingerprint density at radius 1 is 1.62 bits per heavy atom. The van der Waals surface area contributed by atoms with Crippen LogP contribution in [0.5, 0.6) is 0 Å². The molecule has 1 heterocycles. The molecule has 0 radical (unpaired) electrons. The summed E-state index contributed by atoms with van der Waals surface area (Å²) in [5, 5.41) is 15.2. The number of carbonyl (C=O) groups excluding carboxylic acids is 1. The number of carboxylic acids is 1. The lowest BCUT2D eigenvalue weighted by Gasteiger charge is -2.12. The average molecular weight is 243 g/mol. The number of thioether (sulfide) groups is 1. The van der Waals surface area contributed by atoms with Crippen molar-refractivity contribution in [3.63, 3.8) is 0 Å². The molecule has 1 aromatic rings. The van der Waals surface area contributed by atoms with Gasteiger partial charge in [0.1, 0.15) is 6.04 Å². The van der Waals surface area contributed by atoms with Crippen molar-refractivity contribution in [2.24, 2.45) is 0 Å². The number of carbonyl (C=O) groups is 2. The monoisotopic (exact) mass is 243 g/mol. The van der Waals surface area contributed by atoms with E-state index in [4.69, 9.17) is 5.11 Å². The molecule has 0 aliphatic rings. The summed E-state index contributed by atoms with van der Waals surface area (Å²) in [5.41, 5.74) is 0. The number of nitrogens with one attached hydrogen (secondary N) is 1. The largest absolute Gasteiger partial charge is 0.480 e. The van der Waals surface area contributed by atoms with E-state index in [0.29, 0.717) is 11.6 Å². The highest BCUT2D eigenvalue weighted by atomic mass is 32.2. The van der Waals surface area contributed by atoms with Crippen LogP contribution in [0.2, 0.25) is 0 Å². The summed E-state index contributed by atoms with van der Waals surface area (Å²) >= 11 is 1.39. The van der Waals surface area contributed by atoms with Crippen LogP contribution in [0.1, 0.15) is 6.92 Å². The quantitative estimate of drug-likeness (QED) is 0.743. The molecular formula is C9H13N3O3S. The SMILES string of the molecule is CC(=O)N[C@@H](CSCn1cccn1)C(=O)O. The Hall–Kier alpha value is -1.50. The molecule has 0 aliphatic heterocycles. The van der Waals surface area contributed by atoms with E-state index in [1.54, 1.807) is 23.1 Å². The molecule has 0 aliphatic carbocycles. The van der Waals surface area contributed by atoms with E-state index in [1.807, 2.05) is 0 Å². The smallest absolute Gasteiger partial charge is 0.327 e. The first-order chi connectivity index (χ1) is 7.59. The normalized spacial score (nSPS) is 12.1. The Balaban J connectivity index is 2.32. The van der Waals surface area contributed by atoms with Gasteiger partial charge in [-0.3, -0.25) is 9.48 Å². The first-order valence-electron chi connectivity index (χ1n) is 4.64. The zero-order valence-corrected chi connectivity index (χ0v) is 9.61. The maximum atomic E-state index is 10.8. The molecule has 0 aromatic carbocycles. The average Bonchev–Trinajstić information content (AvgIpc) is 2.68. The van der Waals surface area contributed by atoms with Crippen LogP contribution in [0.3, 0.4) is 0 Å². The third kappa shape index (κ3) is 4.35. The summed E-state index contributed by atoms with van der Waals surface area (Å²) in [5.74, 6) is -0.485. The summed E-state index contributed by atoms with van der Waals surface area (Å²) in [4.78, 5) is 21.5. The number of nitrogens with zero attached hydrogens (tertiary/aromatic N) is 2. The molecule has 0 bridgehead atoms. The first kappa shape index (κ1) is 12.6. The Bertz CT molecular complexity index is 353. The third-order valence-corrected chi connectivity index (χ3v) is 2.76. The van der Waals surface area contributed by atoms with Gasteiger partial charge in [-0.25, -0.2) is 4.79 Å². The van der Waals surface area contributed by atoms with E-state index in [1.165, 1.54) is 18.7 Å². The number of aromatic nitrogens is 2. The zero-order valence-electron chi connectivity index (χ0n) is 8.79. The Morgan fingerprint density at radius 3 is 2.88 bits per heavy atom. The zero-order chi connectivity index (χ0) is 12.0. The predicted molar refractivity (Wildman–Crippen MR) is 59.9 cm³/mol. The fourth-order valence-electron chi connectivity index (χ4n) is 1.06. The number of carboxylic acid groups (broad SMARTS) is 1. The van der Waals surface area contributed by atoms with Crippen molar-refractivity contribution < 1.29 is 14.7 Å². The highest BCUT2D eigenvalue weighted by molar-refractivity contribution is 7.98. The van der Waals surface area contributed by atoms with Crippen molar-refractivity contribution in [3.05, 3.63) is 18.5 Å². The number of hydrogen-bond donors (Lipinski definition) is 2. The topological polar surface area (TPSA) is 84.2 Å². The summed E-state index contributed by atoms with van der Waals surface area (Å²) in [6, 6.07) is 0.946. The highest BCUT2D eigenvalue weighted by Gasteiger charge is 2.17. The summed E-state index contributed by atoms with van der Waals surface area (Å²) in [7, 11) is 0. The fraction of sp³-hybridized carbons (Fsp3) is 0.444. The standard InChI is InChI=1S/C9H13N3O3S/c1-7(13)11-8(9(14)15)5-16-6-12-4-2-3-10-12/h2-4,8H,5-6H2,1H3,(H,11,13)(H,14,15)/t8-/m0/s1. The second-order valence-corrected chi connectivity index (χ2v) is 4.14. The van der Waals surface area contributed by atoms with E-state index in [2.05, 4.69) is 10.4 Å². The van der Waals surface area contributed by atoms with Crippen LogP contribution in [0.25, 0.3) is 0 Å². The summed E-state index contributed by atoms with van der Waals surface area (Å²) in [6.07, 6.45) is 3.45. The maximum Gasteiger partial charge on any atom is 0.327 e.